The summed E-state index contributed by atoms with van der Waals surface area (Å²) in [6, 6.07) is 5.22. The molecule has 1 aliphatic rings. The zero-order chi connectivity index (χ0) is 11.1. The van der Waals surface area contributed by atoms with Crippen LogP contribution in [0.15, 0.2) is 18.2 Å². The van der Waals surface area contributed by atoms with Gasteiger partial charge >= 0.3 is 0 Å². The van der Waals surface area contributed by atoms with Crippen molar-refractivity contribution in [2.75, 3.05) is 13.2 Å². The Balaban J connectivity index is 2.39. The van der Waals surface area contributed by atoms with Crippen molar-refractivity contribution in [1.29, 1.82) is 0 Å². The normalized spacial score (nSPS) is 20.8. The second-order valence-electron chi connectivity index (χ2n) is 4.40. The maximum Gasteiger partial charge on any atom is 0.126 e. The van der Waals surface area contributed by atoms with Gasteiger partial charge in [0.1, 0.15) is 5.82 Å². The quantitative estimate of drug-likeness (QED) is 0.805. The van der Waals surface area contributed by atoms with Crippen molar-refractivity contribution in [3.8, 4) is 0 Å². The summed E-state index contributed by atoms with van der Waals surface area (Å²) in [6.45, 7) is 5.01. The summed E-state index contributed by atoms with van der Waals surface area (Å²) in [6.07, 6.45) is 0. The molecule has 0 aromatic heterocycles. The van der Waals surface area contributed by atoms with Crippen LogP contribution >= 0.6 is 0 Å². The van der Waals surface area contributed by atoms with Gasteiger partial charge in [-0.15, -0.1) is 0 Å². The van der Waals surface area contributed by atoms with Gasteiger partial charge in [0.2, 0.25) is 0 Å². The summed E-state index contributed by atoms with van der Waals surface area (Å²) in [7, 11) is 0. The Bertz CT molecular complexity index is 372. The highest BCUT2D eigenvalue weighted by atomic mass is 19.1. The van der Waals surface area contributed by atoms with Gasteiger partial charge in [-0.2, -0.15) is 0 Å². The molecule has 82 valence electrons. The fraction of sp³-hybridized carbons (Fsp3) is 0.500. The zero-order valence-electron chi connectivity index (χ0n) is 9.09. The summed E-state index contributed by atoms with van der Waals surface area (Å²) in [5.74, 6) is -0.168. The van der Waals surface area contributed by atoms with Crippen molar-refractivity contribution in [1.82, 2.24) is 0 Å². The van der Waals surface area contributed by atoms with Gasteiger partial charge in [-0.05, 0) is 31.0 Å². The fourth-order valence-corrected chi connectivity index (χ4v) is 1.97. The Kier molecular flexibility index (Phi) is 2.52. The van der Waals surface area contributed by atoms with Crippen molar-refractivity contribution in [2.45, 2.75) is 25.3 Å². The second kappa shape index (κ2) is 3.58. The van der Waals surface area contributed by atoms with Gasteiger partial charge < -0.3 is 10.5 Å². The van der Waals surface area contributed by atoms with Gasteiger partial charge in [-0.1, -0.05) is 12.1 Å². The molecule has 1 saturated heterocycles. The molecule has 3 heteroatoms. The van der Waals surface area contributed by atoms with E-state index in [2.05, 4.69) is 0 Å². The predicted octanol–water partition coefficient (Wildman–Crippen LogP) is 1.75. The van der Waals surface area contributed by atoms with Gasteiger partial charge in [0.15, 0.2) is 0 Å². The van der Waals surface area contributed by atoms with Crippen LogP contribution in [0.1, 0.15) is 18.1 Å². The number of benzene rings is 1. The third kappa shape index (κ3) is 1.56. The molecule has 1 aromatic rings. The van der Waals surface area contributed by atoms with E-state index in [0.29, 0.717) is 18.8 Å². The first-order chi connectivity index (χ1) is 7.06. The van der Waals surface area contributed by atoms with Crippen molar-refractivity contribution in [3.63, 3.8) is 0 Å². The Labute approximate surface area is 89.2 Å². The van der Waals surface area contributed by atoms with Crippen LogP contribution in [0.25, 0.3) is 0 Å². The number of rotatable bonds is 2. The predicted molar refractivity (Wildman–Crippen MR) is 57.3 cm³/mol. The van der Waals surface area contributed by atoms with Crippen LogP contribution < -0.4 is 5.73 Å². The molecule has 1 atom stereocenters. The molecule has 2 nitrogen and oxygen atoms in total. The van der Waals surface area contributed by atoms with Gasteiger partial charge in [-0.25, -0.2) is 4.39 Å². The number of aryl methyl sites for hydroxylation is 1. The highest BCUT2D eigenvalue weighted by Crippen LogP contribution is 2.35. The van der Waals surface area contributed by atoms with E-state index in [1.54, 1.807) is 6.92 Å². The third-order valence-electron chi connectivity index (χ3n) is 3.32. The molecule has 0 bridgehead atoms. The minimum absolute atomic E-state index is 0.0242. The van der Waals surface area contributed by atoms with Gasteiger partial charge in [0.25, 0.3) is 0 Å². The third-order valence-corrected chi connectivity index (χ3v) is 3.32. The summed E-state index contributed by atoms with van der Waals surface area (Å²) in [4.78, 5) is 0. The lowest BCUT2D eigenvalue weighted by Crippen LogP contribution is -2.57. The maximum atomic E-state index is 13.1. The van der Waals surface area contributed by atoms with Crippen LogP contribution in [-0.4, -0.2) is 19.3 Å². The first-order valence-electron chi connectivity index (χ1n) is 5.16. The molecule has 1 aromatic carbocycles. The first kappa shape index (κ1) is 10.6. The number of hydrogen-bond acceptors (Lipinski definition) is 2. The molecule has 0 amide bonds. The largest absolute Gasteiger partial charge is 0.379 e. The summed E-state index contributed by atoms with van der Waals surface area (Å²) in [5.41, 5.74) is 7.62. The molecule has 1 fully saturated rings. The standard InChI is InChI=1S/C12H16FNO/c1-8-5-10(3-4-11(8)13)12(9(2)14)6-15-7-12/h3-5,9H,6-7,14H2,1-2H3. The first-order valence-corrected chi connectivity index (χ1v) is 5.16. The second-order valence-corrected chi connectivity index (χ2v) is 4.40. The summed E-state index contributed by atoms with van der Waals surface area (Å²) in [5, 5.41) is 0. The summed E-state index contributed by atoms with van der Waals surface area (Å²) >= 11 is 0. The molecule has 2 rings (SSSR count). The lowest BCUT2D eigenvalue weighted by Gasteiger charge is -2.45. The van der Waals surface area contributed by atoms with E-state index in [1.807, 2.05) is 19.1 Å². The monoisotopic (exact) mass is 209 g/mol. The summed E-state index contributed by atoms with van der Waals surface area (Å²) < 4.78 is 18.4. The van der Waals surface area contributed by atoms with Crippen molar-refractivity contribution >= 4 is 0 Å². The van der Waals surface area contributed by atoms with E-state index in [1.165, 1.54) is 6.07 Å². The van der Waals surface area contributed by atoms with Crippen molar-refractivity contribution < 1.29 is 9.13 Å². The van der Waals surface area contributed by atoms with Crippen molar-refractivity contribution in [2.24, 2.45) is 5.73 Å². The molecule has 2 N–H and O–H groups in total. The van der Waals surface area contributed by atoms with Crippen LogP contribution in [0.5, 0.6) is 0 Å². The van der Waals surface area contributed by atoms with Gasteiger partial charge in [-0.3, -0.25) is 0 Å². The van der Waals surface area contributed by atoms with Crippen LogP contribution in [-0.2, 0) is 10.2 Å². The number of hydrogen-bond donors (Lipinski definition) is 1. The van der Waals surface area contributed by atoms with Crippen LogP contribution in [0, 0.1) is 12.7 Å². The minimum atomic E-state index is -0.168. The van der Waals surface area contributed by atoms with E-state index in [4.69, 9.17) is 10.5 Å². The van der Waals surface area contributed by atoms with Gasteiger partial charge in [0.05, 0.1) is 18.6 Å². The number of ether oxygens (including phenoxy) is 1. The lowest BCUT2D eigenvalue weighted by molar-refractivity contribution is -0.0702. The van der Waals surface area contributed by atoms with Gasteiger partial charge in [0, 0.05) is 6.04 Å². The molecule has 15 heavy (non-hydrogen) atoms. The number of halogens is 1. The maximum absolute atomic E-state index is 13.1. The van der Waals surface area contributed by atoms with E-state index in [-0.39, 0.29) is 17.3 Å². The topological polar surface area (TPSA) is 35.2 Å². The fourth-order valence-electron chi connectivity index (χ4n) is 1.97. The highest BCUT2D eigenvalue weighted by Gasteiger charge is 2.43. The molecule has 1 aliphatic heterocycles. The molecule has 1 unspecified atom stereocenters. The Hall–Kier alpha value is -0.930. The Morgan fingerprint density at radius 3 is 2.53 bits per heavy atom. The smallest absolute Gasteiger partial charge is 0.126 e. The molecular formula is C12H16FNO. The van der Waals surface area contributed by atoms with Crippen LogP contribution in [0.2, 0.25) is 0 Å². The Morgan fingerprint density at radius 1 is 1.47 bits per heavy atom. The van der Waals surface area contributed by atoms with Crippen molar-refractivity contribution in [3.05, 3.63) is 35.1 Å². The zero-order valence-corrected chi connectivity index (χ0v) is 9.09. The molecule has 0 spiro atoms. The molecular weight excluding hydrogens is 193 g/mol. The van der Waals surface area contributed by atoms with E-state index >= 15 is 0 Å². The minimum Gasteiger partial charge on any atom is -0.379 e. The molecule has 0 radical (unpaired) electrons. The average Bonchev–Trinajstić information content (AvgIpc) is 2.08. The molecule has 1 heterocycles. The highest BCUT2D eigenvalue weighted by molar-refractivity contribution is 5.34. The lowest BCUT2D eigenvalue weighted by atomic mass is 9.73. The number of nitrogens with two attached hydrogens (primary N) is 1. The molecule has 0 saturated carbocycles. The van der Waals surface area contributed by atoms with Crippen LogP contribution in [0.4, 0.5) is 4.39 Å². The Morgan fingerprint density at radius 2 is 2.13 bits per heavy atom. The van der Waals surface area contributed by atoms with E-state index < -0.39 is 0 Å². The molecule has 0 aliphatic carbocycles. The van der Waals surface area contributed by atoms with E-state index in [9.17, 15) is 4.39 Å². The SMILES string of the molecule is Cc1cc(C2(C(C)N)COC2)ccc1F. The van der Waals surface area contributed by atoms with Crippen LogP contribution in [0.3, 0.4) is 0 Å². The van der Waals surface area contributed by atoms with E-state index in [0.717, 1.165) is 5.56 Å². The average molecular weight is 209 g/mol.